The Morgan fingerprint density at radius 3 is 2.06 bits per heavy atom. The fourth-order valence-electron chi connectivity index (χ4n) is 3.84. The van der Waals surface area contributed by atoms with Gasteiger partial charge in [0.25, 0.3) is 0 Å². The topological polar surface area (TPSA) is 86.9 Å². The molecule has 2 aromatic heterocycles. The number of nitrogens with one attached hydrogen (secondary N) is 1. The van der Waals surface area contributed by atoms with E-state index in [-0.39, 0.29) is 6.16 Å². The van der Waals surface area contributed by atoms with E-state index < -0.39 is 7.60 Å². The van der Waals surface area contributed by atoms with E-state index in [1.807, 2.05) is 71.3 Å². The quantitative estimate of drug-likeness (QED) is 0.270. The zero-order valence-corrected chi connectivity index (χ0v) is 18.6. The second-order valence-electron chi connectivity index (χ2n) is 7.83. The van der Waals surface area contributed by atoms with Crippen LogP contribution in [0.15, 0.2) is 103 Å². The van der Waals surface area contributed by atoms with Gasteiger partial charge in [-0.1, -0.05) is 72.8 Å². The normalized spacial score (nSPS) is 11.6. The van der Waals surface area contributed by atoms with Gasteiger partial charge in [0, 0.05) is 17.4 Å². The Hall–Kier alpha value is -3.70. The summed E-state index contributed by atoms with van der Waals surface area (Å²) in [6.45, 7) is 0. The second-order valence-corrected chi connectivity index (χ2v) is 9.48. The van der Waals surface area contributed by atoms with Gasteiger partial charge in [0.1, 0.15) is 17.2 Å². The van der Waals surface area contributed by atoms with Crippen LogP contribution >= 0.6 is 7.60 Å². The van der Waals surface area contributed by atoms with Crippen molar-refractivity contribution in [1.82, 2.24) is 9.38 Å². The van der Waals surface area contributed by atoms with Gasteiger partial charge in [-0.3, -0.25) is 8.97 Å². The first-order chi connectivity index (χ1) is 16.0. The maximum atomic E-state index is 11.3. The van der Waals surface area contributed by atoms with E-state index >= 15 is 0 Å². The van der Waals surface area contributed by atoms with Crippen LogP contribution in [0, 0.1) is 0 Å². The van der Waals surface area contributed by atoms with Gasteiger partial charge >= 0.3 is 7.60 Å². The molecule has 0 bridgehead atoms. The van der Waals surface area contributed by atoms with Crippen molar-refractivity contribution in [2.75, 3.05) is 5.32 Å². The summed E-state index contributed by atoms with van der Waals surface area (Å²) in [6.07, 6.45) is 1.72. The van der Waals surface area contributed by atoms with Crippen LogP contribution in [0.4, 0.5) is 11.5 Å². The molecule has 0 radical (unpaired) electrons. The molecule has 5 rings (SSSR count). The number of anilines is 2. The number of fused-ring (bicyclic) bond motifs is 1. The van der Waals surface area contributed by atoms with Crippen LogP contribution in [-0.4, -0.2) is 19.2 Å². The van der Waals surface area contributed by atoms with E-state index in [9.17, 15) is 14.4 Å². The molecule has 0 saturated carbocycles. The minimum Gasteiger partial charge on any atom is -0.339 e. The lowest BCUT2D eigenvalue weighted by Gasteiger charge is -2.11. The monoisotopic (exact) mass is 455 g/mol. The Morgan fingerprint density at radius 1 is 0.788 bits per heavy atom. The summed E-state index contributed by atoms with van der Waals surface area (Å²) in [7, 11) is -4.10. The van der Waals surface area contributed by atoms with E-state index in [1.165, 1.54) is 0 Å². The smallest absolute Gasteiger partial charge is 0.329 e. The first-order valence-corrected chi connectivity index (χ1v) is 12.3. The predicted octanol–water partition coefficient (Wildman–Crippen LogP) is 6.09. The highest BCUT2D eigenvalue weighted by Crippen LogP contribution is 2.39. The fourth-order valence-corrected chi connectivity index (χ4v) is 4.53. The molecule has 0 aliphatic rings. The van der Waals surface area contributed by atoms with E-state index in [0.717, 1.165) is 39.5 Å². The molecule has 0 amide bonds. The largest absolute Gasteiger partial charge is 0.339 e. The average Bonchev–Trinajstić information content (AvgIpc) is 3.18. The lowest BCUT2D eigenvalue weighted by molar-refractivity contribution is 0.371. The molecule has 0 fully saturated rings. The second kappa shape index (κ2) is 8.68. The van der Waals surface area contributed by atoms with Gasteiger partial charge in [0.05, 0.1) is 6.16 Å². The molecular weight excluding hydrogens is 433 g/mol. The van der Waals surface area contributed by atoms with Gasteiger partial charge in [-0.05, 0) is 41.0 Å². The number of pyridine rings is 1. The summed E-state index contributed by atoms with van der Waals surface area (Å²) in [4.78, 5) is 23.4. The third-order valence-electron chi connectivity index (χ3n) is 5.39. The van der Waals surface area contributed by atoms with Gasteiger partial charge in [0.2, 0.25) is 0 Å². The molecule has 0 aliphatic carbocycles. The first kappa shape index (κ1) is 21.2. The van der Waals surface area contributed by atoms with Crippen LogP contribution in [0.25, 0.3) is 28.0 Å². The van der Waals surface area contributed by atoms with Gasteiger partial charge in [-0.25, -0.2) is 4.98 Å². The zero-order chi connectivity index (χ0) is 22.8. The van der Waals surface area contributed by atoms with Crippen molar-refractivity contribution in [1.29, 1.82) is 0 Å². The van der Waals surface area contributed by atoms with Crippen LogP contribution in [0.1, 0.15) is 5.56 Å². The van der Waals surface area contributed by atoms with Crippen LogP contribution in [0.5, 0.6) is 0 Å². The molecule has 3 N–H and O–H groups in total. The zero-order valence-electron chi connectivity index (χ0n) is 17.7. The summed E-state index contributed by atoms with van der Waals surface area (Å²) in [5.41, 5.74) is 6.22. The van der Waals surface area contributed by atoms with Gasteiger partial charge < -0.3 is 15.1 Å². The van der Waals surface area contributed by atoms with Crippen molar-refractivity contribution in [3.05, 3.63) is 109 Å². The summed E-state index contributed by atoms with van der Waals surface area (Å²) in [6, 6.07) is 31.4. The molecule has 0 aliphatic heterocycles. The minimum atomic E-state index is -4.10. The van der Waals surface area contributed by atoms with Crippen molar-refractivity contribution >= 4 is 24.7 Å². The summed E-state index contributed by atoms with van der Waals surface area (Å²) in [5, 5.41) is 3.45. The van der Waals surface area contributed by atoms with Crippen LogP contribution in [0.2, 0.25) is 0 Å². The number of benzene rings is 3. The van der Waals surface area contributed by atoms with E-state index in [2.05, 4.69) is 29.6 Å². The minimum absolute atomic E-state index is 0.277. The summed E-state index contributed by atoms with van der Waals surface area (Å²) >= 11 is 0. The van der Waals surface area contributed by atoms with Crippen LogP contribution < -0.4 is 5.32 Å². The van der Waals surface area contributed by atoms with Gasteiger partial charge in [-0.2, -0.15) is 0 Å². The molecule has 3 aromatic carbocycles. The molecule has 7 heteroatoms. The predicted molar refractivity (Wildman–Crippen MR) is 132 cm³/mol. The number of hydrogen-bond donors (Lipinski definition) is 3. The van der Waals surface area contributed by atoms with Gasteiger partial charge in [0.15, 0.2) is 0 Å². The highest BCUT2D eigenvalue weighted by molar-refractivity contribution is 7.50. The summed E-state index contributed by atoms with van der Waals surface area (Å²) < 4.78 is 13.3. The molecule has 33 heavy (non-hydrogen) atoms. The number of rotatable bonds is 6. The maximum absolute atomic E-state index is 11.3. The first-order valence-electron chi connectivity index (χ1n) is 10.5. The molecule has 0 atom stereocenters. The Morgan fingerprint density at radius 2 is 1.42 bits per heavy atom. The number of imidazole rings is 1. The molecule has 164 valence electrons. The number of aromatic nitrogens is 2. The van der Waals surface area contributed by atoms with Crippen molar-refractivity contribution < 1.29 is 14.4 Å². The molecular formula is C26H22N3O3P. The molecule has 2 heterocycles. The van der Waals surface area contributed by atoms with Crippen LogP contribution in [0.3, 0.4) is 0 Å². The fraction of sp³-hybridized carbons (Fsp3) is 0.0385. The molecule has 0 saturated heterocycles. The average molecular weight is 455 g/mol. The van der Waals surface area contributed by atoms with Gasteiger partial charge in [-0.15, -0.1) is 0 Å². The van der Waals surface area contributed by atoms with Crippen molar-refractivity contribution in [2.24, 2.45) is 0 Å². The highest BCUT2D eigenvalue weighted by Gasteiger charge is 2.16. The number of nitrogens with zero attached hydrogens (tertiary/aromatic N) is 2. The van der Waals surface area contributed by atoms with Crippen LogP contribution in [-0.2, 0) is 10.7 Å². The Kier molecular flexibility index (Phi) is 5.56. The van der Waals surface area contributed by atoms with E-state index in [4.69, 9.17) is 4.98 Å². The summed E-state index contributed by atoms with van der Waals surface area (Å²) in [5.74, 6) is 0.818. The van der Waals surface area contributed by atoms with Crippen molar-refractivity contribution in [3.63, 3.8) is 0 Å². The van der Waals surface area contributed by atoms with Crippen molar-refractivity contribution in [3.8, 4) is 22.4 Å². The number of hydrogen-bond acceptors (Lipinski definition) is 3. The molecule has 5 aromatic rings. The maximum Gasteiger partial charge on any atom is 0.329 e. The third-order valence-corrected chi connectivity index (χ3v) is 6.16. The Balaban J connectivity index is 1.57. The van der Waals surface area contributed by atoms with E-state index in [1.54, 1.807) is 12.1 Å². The Bertz CT molecular complexity index is 1440. The van der Waals surface area contributed by atoms with Crippen molar-refractivity contribution in [2.45, 2.75) is 6.16 Å². The molecule has 0 unspecified atom stereocenters. The molecule has 0 spiro atoms. The standard InChI is InChI=1S/C26H22N3O3P/c30-33(31,32)18-19-11-13-23(14-12-19)27-26-25(21-9-5-2-6-10-21)28-24-17-22(15-16-29(24)26)20-7-3-1-4-8-20/h1-17,27H,18H2,(H2,30,31,32). The third kappa shape index (κ3) is 4.73. The lowest BCUT2D eigenvalue weighted by atomic mass is 10.1. The lowest BCUT2D eigenvalue weighted by Crippen LogP contribution is -1.97. The Labute approximate surface area is 191 Å². The molecule has 6 nitrogen and oxygen atoms in total. The SMILES string of the molecule is O=P(O)(O)Cc1ccc(Nc2c(-c3ccccc3)nc3cc(-c4ccccc4)ccn23)cc1. The van der Waals surface area contributed by atoms with E-state index in [0.29, 0.717) is 5.56 Å². The highest BCUT2D eigenvalue weighted by atomic mass is 31.2.